The highest BCUT2D eigenvalue weighted by Gasteiger charge is 2.03. The number of nitrogens with two attached hydrogens (primary N) is 1. The quantitative estimate of drug-likeness (QED) is 0.437. The number of hydrogen-bond donors (Lipinski definition) is 1. The number of rotatable bonds is 8. The molecule has 1 aromatic rings. The molecule has 0 unspecified atom stereocenters. The topological polar surface area (TPSA) is 61.5 Å². The molecule has 18 heavy (non-hydrogen) atoms. The number of aryl methyl sites for hydroxylation is 1. The predicted molar refractivity (Wildman–Crippen MR) is 71.2 cm³/mol. The van der Waals surface area contributed by atoms with Gasteiger partial charge in [-0.25, -0.2) is 0 Å². The van der Waals surface area contributed by atoms with Gasteiger partial charge in [0.25, 0.3) is 0 Å². The van der Waals surface area contributed by atoms with E-state index >= 15 is 0 Å². The highest BCUT2D eigenvalue weighted by atomic mass is 16.5. The largest absolute Gasteiger partial charge is 0.466 e. The van der Waals surface area contributed by atoms with E-state index in [1.165, 1.54) is 0 Å². The minimum Gasteiger partial charge on any atom is -0.466 e. The lowest BCUT2D eigenvalue weighted by Gasteiger charge is -2.05. The Kier molecular flexibility index (Phi) is 6.87. The number of carbonyl (C=O) groups excluding carboxylic acids is 1. The van der Waals surface area contributed by atoms with Crippen molar-refractivity contribution in [2.24, 2.45) is 0 Å². The average Bonchev–Trinajstić information content (AvgIpc) is 2.36. The molecule has 100 valence electrons. The normalized spacial score (nSPS) is 10.3. The monoisotopic (exact) mass is 251 g/mol. The Labute approximate surface area is 108 Å². The van der Waals surface area contributed by atoms with Crippen molar-refractivity contribution in [1.82, 2.24) is 0 Å². The molecule has 0 saturated carbocycles. The Morgan fingerprint density at radius 1 is 1.33 bits per heavy atom. The average molecular weight is 251 g/mol. The molecule has 0 aliphatic heterocycles. The van der Waals surface area contributed by atoms with Gasteiger partial charge < -0.3 is 15.2 Å². The van der Waals surface area contributed by atoms with Gasteiger partial charge in [-0.3, -0.25) is 4.79 Å². The second-order valence-electron chi connectivity index (χ2n) is 4.02. The van der Waals surface area contributed by atoms with Gasteiger partial charge in [0, 0.05) is 31.7 Å². The van der Waals surface area contributed by atoms with Crippen molar-refractivity contribution < 1.29 is 14.3 Å². The lowest BCUT2D eigenvalue weighted by molar-refractivity contribution is -0.143. The fraction of sp³-hybridized carbons (Fsp3) is 0.500. The molecule has 4 nitrogen and oxygen atoms in total. The van der Waals surface area contributed by atoms with Gasteiger partial charge in [-0.05, 0) is 31.0 Å². The van der Waals surface area contributed by atoms with E-state index in [1.807, 2.05) is 31.2 Å². The van der Waals surface area contributed by atoms with E-state index in [9.17, 15) is 4.79 Å². The molecule has 0 atom stereocenters. The van der Waals surface area contributed by atoms with Gasteiger partial charge in [0.15, 0.2) is 0 Å². The van der Waals surface area contributed by atoms with Crippen LogP contribution in [0.1, 0.15) is 25.3 Å². The third-order valence-corrected chi connectivity index (χ3v) is 2.47. The minimum absolute atomic E-state index is 0.172. The lowest BCUT2D eigenvalue weighted by Crippen LogP contribution is -2.09. The summed E-state index contributed by atoms with van der Waals surface area (Å²) in [7, 11) is 0. The van der Waals surface area contributed by atoms with Crippen molar-refractivity contribution in [2.45, 2.75) is 26.2 Å². The standard InChI is InChI=1S/C14H21NO3/c1-2-17-9-4-10-18-14(16)8-7-12-5-3-6-13(15)11-12/h3,5-6,11H,2,4,7-10,15H2,1H3. The summed E-state index contributed by atoms with van der Waals surface area (Å²) in [5, 5.41) is 0. The summed E-state index contributed by atoms with van der Waals surface area (Å²) in [5.74, 6) is -0.172. The fourth-order valence-electron chi connectivity index (χ4n) is 1.56. The fourth-order valence-corrected chi connectivity index (χ4v) is 1.56. The highest BCUT2D eigenvalue weighted by molar-refractivity contribution is 5.69. The molecule has 0 aromatic heterocycles. The van der Waals surface area contributed by atoms with Crippen LogP contribution in [0.15, 0.2) is 24.3 Å². The van der Waals surface area contributed by atoms with Crippen molar-refractivity contribution in [2.75, 3.05) is 25.6 Å². The van der Waals surface area contributed by atoms with E-state index < -0.39 is 0 Å². The number of nitrogen functional groups attached to an aromatic ring is 1. The van der Waals surface area contributed by atoms with E-state index in [4.69, 9.17) is 15.2 Å². The van der Waals surface area contributed by atoms with Crippen molar-refractivity contribution in [3.63, 3.8) is 0 Å². The first-order chi connectivity index (χ1) is 8.72. The molecule has 4 heteroatoms. The summed E-state index contributed by atoms with van der Waals surface area (Å²) in [4.78, 5) is 11.4. The van der Waals surface area contributed by atoms with E-state index in [-0.39, 0.29) is 5.97 Å². The van der Waals surface area contributed by atoms with Crippen LogP contribution in [0.25, 0.3) is 0 Å². The smallest absolute Gasteiger partial charge is 0.306 e. The molecule has 2 N–H and O–H groups in total. The molecule has 0 radical (unpaired) electrons. The maximum atomic E-state index is 11.4. The zero-order chi connectivity index (χ0) is 13.2. The summed E-state index contributed by atoms with van der Waals surface area (Å²) in [6.07, 6.45) is 1.80. The van der Waals surface area contributed by atoms with Gasteiger partial charge in [-0.1, -0.05) is 12.1 Å². The first-order valence-electron chi connectivity index (χ1n) is 6.30. The van der Waals surface area contributed by atoms with Crippen molar-refractivity contribution in [3.8, 4) is 0 Å². The Morgan fingerprint density at radius 2 is 2.17 bits per heavy atom. The molecule has 0 spiro atoms. The maximum absolute atomic E-state index is 11.4. The van der Waals surface area contributed by atoms with Gasteiger partial charge in [0.2, 0.25) is 0 Å². The van der Waals surface area contributed by atoms with E-state index in [2.05, 4.69) is 0 Å². The SMILES string of the molecule is CCOCCCOC(=O)CCc1cccc(N)c1. The maximum Gasteiger partial charge on any atom is 0.306 e. The van der Waals surface area contributed by atoms with Gasteiger partial charge in [-0.2, -0.15) is 0 Å². The van der Waals surface area contributed by atoms with Crippen LogP contribution in [-0.4, -0.2) is 25.8 Å². The molecule has 0 aliphatic carbocycles. The molecule has 0 saturated heterocycles. The van der Waals surface area contributed by atoms with E-state index in [1.54, 1.807) is 0 Å². The van der Waals surface area contributed by atoms with Gasteiger partial charge in [0.05, 0.1) is 6.61 Å². The summed E-state index contributed by atoms with van der Waals surface area (Å²) >= 11 is 0. The summed E-state index contributed by atoms with van der Waals surface area (Å²) < 4.78 is 10.2. The van der Waals surface area contributed by atoms with Crippen LogP contribution in [0.2, 0.25) is 0 Å². The second-order valence-corrected chi connectivity index (χ2v) is 4.02. The predicted octanol–water partition coefficient (Wildman–Crippen LogP) is 2.17. The number of hydrogen-bond acceptors (Lipinski definition) is 4. The third-order valence-electron chi connectivity index (χ3n) is 2.47. The molecular weight excluding hydrogens is 230 g/mol. The first kappa shape index (κ1) is 14.5. The van der Waals surface area contributed by atoms with Crippen molar-refractivity contribution in [3.05, 3.63) is 29.8 Å². The third kappa shape index (κ3) is 6.25. The number of esters is 1. The Balaban J connectivity index is 2.13. The van der Waals surface area contributed by atoms with Crippen LogP contribution < -0.4 is 5.73 Å². The Hall–Kier alpha value is -1.55. The molecule has 0 bridgehead atoms. The highest BCUT2D eigenvalue weighted by Crippen LogP contribution is 2.09. The molecule has 0 fully saturated rings. The van der Waals surface area contributed by atoms with Crippen molar-refractivity contribution in [1.29, 1.82) is 0 Å². The van der Waals surface area contributed by atoms with Crippen LogP contribution in [0, 0.1) is 0 Å². The number of benzene rings is 1. The molecule has 1 aromatic carbocycles. The van der Waals surface area contributed by atoms with Gasteiger partial charge in [-0.15, -0.1) is 0 Å². The van der Waals surface area contributed by atoms with E-state index in [0.717, 1.165) is 17.7 Å². The molecule has 0 aliphatic rings. The summed E-state index contributed by atoms with van der Waals surface area (Å²) in [5.41, 5.74) is 7.44. The summed E-state index contributed by atoms with van der Waals surface area (Å²) in [6, 6.07) is 7.55. The Morgan fingerprint density at radius 3 is 2.89 bits per heavy atom. The molecule has 0 heterocycles. The van der Waals surface area contributed by atoms with Crippen molar-refractivity contribution >= 4 is 11.7 Å². The zero-order valence-electron chi connectivity index (χ0n) is 10.9. The number of carbonyl (C=O) groups is 1. The van der Waals surface area contributed by atoms with Gasteiger partial charge >= 0.3 is 5.97 Å². The lowest BCUT2D eigenvalue weighted by atomic mass is 10.1. The molecule has 1 rings (SSSR count). The first-order valence-corrected chi connectivity index (χ1v) is 6.30. The van der Waals surface area contributed by atoms with E-state index in [0.29, 0.717) is 32.7 Å². The van der Waals surface area contributed by atoms with Crippen LogP contribution in [0.4, 0.5) is 5.69 Å². The van der Waals surface area contributed by atoms with Crippen LogP contribution in [0.5, 0.6) is 0 Å². The number of anilines is 1. The second kappa shape index (κ2) is 8.53. The zero-order valence-corrected chi connectivity index (χ0v) is 10.9. The van der Waals surface area contributed by atoms with Crippen LogP contribution in [-0.2, 0) is 20.7 Å². The molecule has 0 amide bonds. The summed E-state index contributed by atoms with van der Waals surface area (Å²) in [6.45, 7) is 3.70. The van der Waals surface area contributed by atoms with Crippen LogP contribution >= 0.6 is 0 Å². The van der Waals surface area contributed by atoms with Crippen LogP contribution in [0.3, 0.4) is 0 Å². The van der Waals surface area contributed by atoms with Gasteiger partial charge in [0.1, 0.15) is 0 Å². The number of ether oxygens (including phenoxy) is 2. The molecular formula is C14H21NO3. The minimum atomic E-state index is -0.172. The Bertz CT molecular complexity index is 366.